The Hall–Kier alpha value is 1.09. The SMILES string of the molecule is C1CCC(P(C2CCCC2)C2CCCC2)C1.[Pd]. The van der Waals surface area contributed by atoms with E-state index in [-0.39, 0.29) is 20.4 Å². The molecule has 3 aliphatic rings. The van der Waals surface area contributed by atoms with Crippen LogP contribution in [-0.2, 0) is 20.4 Å². The summed E-state index contributed by atoms with van der Waals surface area (Å²) in [5.74, 6) is 0. The molecular formula is C15H27PPd. The van der Waals surface area contributed by atoms with Crippen molar-refractivity contribution < 1.29 is 20.4 Å². The summed E-state index contributed by atoms with van der Waals surface area (Å²) in [6.45, 7) is 0. The molecule has 17 heavy (non-hydrogen) atoms. The minimum atomic E-state index is 0. The molecule has 0 aromatic rings. The molecule has 0 amide bonds. The molecule has 0 spiro atoms. The van der Waals surface area contributed by atoms with Crippen LogP contribution in [0.3, 0.4) is 0 Å². The Bertz CT molecular complexity index is 175. The predicted molar refractivity (Wildman–Crippen MR) is 73.7 cm³/mol. The number of hydrogen-bond acceptors (Lipinski definition) is 0. The summed E-state index contributed by atoms with van der Waals surface area (Å²) in [7, 11) is 0.436. The van der Waals surface area contributed by atoms with Gasteiger partial charge in [0, 0.05) is 20.4 Å². The van der Waals surface area contributed by atoms with Crippen molar-refractivity contribution in [3.05, 3.63) is 0 Å². The first-order valence-corrected chi connectivity index (χ1v) is 9.27. The standard InChI is InChI=1S/C15H27P.Pd/c1-2-8-13(7-1)16(14-9-3-4-10-14)15-11-5-6-12-15;/h13-15H,1-12H2;. The van der Waals surface area contributed by atoms with Crippen LogP contribution < -0.4 is 0 Å². The molecule has 0 nitrogen and oxygen atoms in total. The van der Waals surface area contributed by atoms with Crippen molar-refractivity contribution in [3.8, 4) is 0 Å². The molecule has 0 unspecified atom stereocenters. The van der Waals surface area contributed by atoms with Crippen molar-refractivity contribution in [2.45, 2.75) is 94.0 Å². The summed E-state index contributed by atoms with van der Waals surface area (Å²) in [4.78, 5) is 0. The van der Waals surface area contributed by atoms with Crippen molar-refractivity contribution >= 4 is 7.92 Å². The summed E-state index contributed by atoms with van der Waals surface area (Å²) in [6.07, 6.45) is 19.0. The maximum absolute atomic E-state index is 1.61. The van der Waals surface area contributed by atoms with Gasteiger partial charge in [-0.05, 0) is 55.5 Å². The van der Waals surface area contributed by atoms with Gasteiger partial charge in [0.25, 0.3) is 0 Å². The third-order valence-electron chi connectivity index (χ3n) is 5.24. The minimum absolute atomic E-state index is 0. The van der Waals surface area contributed by atoms with Gasteiger partial charge in [0.05, 0.1) is 0 Å². The maximum Gasteiger partial charge on any atom is 0 e. The van der Waals surface area contributed by atoms with E-state index in [1.165, 1.54) is 17.0 Å². The fourth-order valence-electron chi connectivity index (χ4n) is 4.50. The van der Waals surface area contributed by atoms with Crippen molar-refractivity contribution in [1.29, 1.82) is 0 Å². The Kier molecular flexibility index (Phi) is 6.00. The molecule has 102 valence electrons. The molecule has 0 aliphatic heterocycles. The van der Waals surface area contributed by atoms with Crippen LogP contribution in [0.25, 0.3) is 0 Å². The molecular weight excluding hydrogens is 318 g/mol. The minimum Gasteiger partial charge on any atom is -0.0971 e. The fourth-order valence-corrected chi connectivity index (χ4v) is 9.17. The summed E-state index contributed by atoms with van der Waals surface area (Å²) >= 11 is 0. The monoisotopic (exact) mass is 344 g/mol. The van der Waals surface area contributed by atoms with Crippen LogP contribution in [0.2, 0.25) is 0 Å². The van der Waals surface area contributed by atoms with E-state index >= 15 is 0 Å². The van der Waals surface area contributed by atoms with Gasteiger partial charge >= 0.3 is 0 Å². The van der Waals surface area contributed by atoms with E-state index < -0.39 is 0 Å². The van der Waals surface area contributed by atoms with Crippen LogP contribution in [0.4, 0.5) is 0 Å². The predicted octanol–water partition coefficient (Wildman–Crippen LogP) is 5.29. The summed E-state index contributed by atoms with van der Waals surface area (Å²) in [5.41, 5.74) is 3.63. The average Bonchev–Trinajstić information content (AvgIpc) is 3.02. The van der Waals surface area contributed by atoms with Gasteiger partial charge < -0.3 is 0 Å². The van der Waals surface area contributed by atoms with Gasteiger partial charge in [0.1, 0.15) is 0 Å². The van der Waals surface area contributed by atoms with E-state index in [4.69, 9.17) is 0 Å². The third kappa shape index (κ3) is 3.35. The van der Waals surface area contributed by atoms with Gasteiger partial charge in [-0.3, -0.25) is 0 Å². The molecule has 2 heteroatoms. The Labute approximate surface area is 122 Å². The summed E-state index contributed by atoms with van der Waals surface area (Å²) < 4.78 is 0. The smallest absolute Gasteiger partial charge is 0 e. The molecule has 3 aliphatic carbocycles. The zero-order valence-electron chi connectivity index (χ0n) is 11.0. The number of rotatable bonds is 3. The summed E-state index contributed by atoms with van der Waals surface area (Å²) in [6, 6.07) is 0. The largest absolute Gasteiger partial charge is 0.0971 e. The molecule has 0 aromatic carbocycles. The van der Waals surface area contributed by atoms with Crippen LogP contribution >= 0.6 is 7.92 Å². The van der Waals surface area contributed by atoms with Gasteiger partial charge in [-0.2, -0.15) is 0 Å². The van der Waals surface area contributed by atoms with Crippen molar-refractivity contribution in [3.63, 3.8) is 0 Å². The molecule has 0 radical (unpaired) electrons. The van der Waals surface area contributed by atoms with Gasteiger partial charge in [-0.15, -0.1) is 0 Å². The quantitative estimate of drug-likeness (QED) is 0.482. The van der Waals surface area contributed by atoms with Crippen molar-refractivity contribution in [1.82, 2.24) is 0 Å². The second-order valence-electron chi connectivity index (χ2n) is 6.26. The second-order valence-corrected chi connectivity index (χ2v) is 9.35. The second kappa shape index (κ2) is 7.03. The van der Waals surface area contributed by atoms with Crippen LogP contribution in [0.15, 0.2) is 0 Å². The van der Waals surface area contributed by atoms with Gasteiger partial charge in [-0.25, -0.2) is 0 Å². The van der Waals surface area contributed by atoms with Crippen LogP contribution in [0.5, 0.6) is 0 Å². The third-order valence-corrected chi connectivity index (χ3v) is 9.32. The Morgan fingerprint density at radius 2 is 0.706 bits per heavy atom. The van der Waals surface area contributed by atoms with Crippen LogP contribution in [0.1, 0.15) is 77.0 Å². The van der Waals surface area contributed by atoms with Crippen molar-refractivity contribution in [2.75, 3.05) is 0 Å². The zero-order valence-corrected chi connectivity index (χ0v) is 13.4. The van der Waals surface area contributed by atoms with Gasteiger partial charge in [-0.1, -0.05) is 46.4 Å². The molecule has 3 saturated carbocycles. The van der Waals surface area contributed by atoms with Gasteiger partial charge in [0.2, 0.25) is 0 Å². The van der Waals surface area contributed by atoms with E-state index in [0.717, 1.165) is 0 Å². The Balaban J connectivity index is 0.00000108. The van der Waals surface area contributed by atoms with Gasteiger partial charge in [0.15, 0.2) is 0 Å². The van der Waals surface area contributed by atoms with E-state index in [0.29, 0.717) is 7.92 Å². The Morgan fingerprint density at radius 3 is 0.941 bits per heavy atom. The molecule has 0 saturated heterocycles. The van der Waals surface area contributed by atoms with Crippen LogP contribution in [0, 0.1) is 0 Å². The maximum atomic E-state index is 1.61. The zero-order chi connectivity index (χ0) is 10.8. The molecule has 3 fully saturated rings. The first kappa shape index (κ1) is 14.5. The van der Waals surface area contributed by atoms with Crippen molar-refractivity contribution in [2.24, 2.45) is 0 Å². The van der Waals surface area contributed by atoms with E-state index in [2.05, 4.69) is 0 Å². The summed E-state index contributed by atoms with van der Waals surface area (Å²) in [5, 5.41) is 0. The van der Waals surface area contributed by atoms with E-state index in [1.807, 2.05) is 0 Å². The molecule has 0 aromatic heterocycles. The first-order chi connectivity index (χ1) is 7.95. The Morgan fingerprint density at radius 1 is 0.471 bits per heavy atom. The topological polar surface area (TPSA) is 0 Å². The number of hydrogen-bond donors (Lipinski definition) is 0. The van der Waals surface area contributed by atoms with Crippen LogP contribution in [-0.4, -0.2) is 17.0 Å². The molecule has 0 heterocycles. The fraction of sp³-hybridized carbons (Fsp3) is 1.00. The molecule has 0 N–H and O–H groups in total. The molecule has 0 atom stereocenters. The normalized spacial score (nSPS) is 28.1. The average molecular weight is 345 g/mol. The van der Waals surface area contributed by atoms with E-state index in [1.54, 1.807) is 77.0 Å². The molecule has 3 rings (SSSR count). The molecule has 0 bridgehead atoms. The first-order valence-electron chi connectivity index (χ1n) is 7.72. The van der Waals surface area contributed by atoms with E-state index in [9.17, 15) is 0 Å².